The zero-order chi connectivity index (χ0) is 41.2. The summed E-state index contributed by atoms with van der Waals surface area (Å²) in [5.41, 5.74) is 14.3. The minimum absolute atomic E-state index is 0.260. The summed E-state index contributed by atoms with van der Waals surface area (Å²) in [5.74, 6) is 3.72. The number of rotatable bonds is 11. The van der Waals surface area contributed by atoms with Crippen molar-refractivity contribution in [3.63, 3.8) is 0 Å². The predicted molar refractivity (Wildman–Crippen MR) is 232 cm³/mol. The number of likely N-dealkylation sites (N-methyl/N-ethyl adjacent to an activating group) is 1. The van der Waals surface area contributed by atoms with Crippen molar-refractivity contribution in [1.82, 2.24) is 70.2 Å². The van der Waals surface area contributed by atoms with Gasteiger partial charge in [0, 0.05) is 47.3 Å². The molecule has 9 heterocycles. The van der Waals surface area contributed by atoms with E-state index in [1.54, 1.807) is 26.6 Å². The molecule has 0 radical (unpaired) electrons. The number of nitrogen functional groups attached to an aromatic ring is 1. The highest BCUT2D eigenvalue weighted by molar-refractivity contribution is 5.91. The average Bonchev–Trinajstić information content (AvgIpc) is 4.09. The number of H-pyrrole nitrogens is 2. The van der Waals surface area contributed by atoms with E-state index in [2.05, 4.69) is 58.2 Å². The van der Waals surface area contributed by atoms with Crippen molar-refractivity contribution in [3.05, 3.63) is 60.4 Å². The van der Waals surface area contributed by atoms with E-state index >= 15 is 0 Å². The lowest BCUT2D eigenvalue weighted by Gasteiger charge is -2.18. The summed E-state index contributed by atoms with van der Waals surface area (Å²) in [5, 5.41) is 35.8. The van der Waals surface area contributed by atoms with Gasteiger partial charge >= 0.3 is 0 Å². The van der Waals surface area contributed by atoms with Gasteiger partial charge in [0.05, 0.1) is 50.4 Å². The SMILES string of the molecule is C1CCNCC1.CCC(CNC)Nc1nc(-c2cnc3cc(OC)c(C4CC4)nn23)cc2cn[nH]c12.COc1cc2ncc(-c3cc4cn[nH]c4c(N)n3)n2nc1C1CC1. The van der Waals surface area contributed by atoms with Crippen LogP contribution in [-0.2, 0) is 0 Å². The first-order valence-corrected chi connectivity index (χ1v) is 20.9. The molecule has 1 saturated heterocycles. The van der Waals surface area contributed by atoms with Crippen LogP contribution in [0.5, 0.6) is 11.5 Å². The predicted octanol–water partition coefficient (Wildman–Crippen LogP) is 5.86. The first kappa shape index (κ1) is 39.1. The smallest absolute Gasteiger partial charge is 0.157 e. The molecule has 1 unspecified atom stereocenters. The number of hydrogen-bond acceptors (Lipinski definition) is 14. The van der Waals surface area contributed by atoms with Crippen LogP contribution in [0.2, 0.25) is 0 Å². The van der Waals surface area contributed by atoms with E-state index in [1.165, 1.54) is 32.4 Å². The monoisotopic (exact) mass is 812 g/mol. The molecule has 0 spiro atoms. The molecule has 3 fully saturated rings. The number of fused-ring (bicyclic) bond motifs is 4. The molecular formula is C42H52N16O2. The largest absolute Gasteiger partial charge is 0.495 e. The van der Waals surface area contributed by atoms with Gasteiger partial charge in [-0.2, -0.15) is 20.4 Å². The molecule has 11 rings (SSSR count). The summed E-state index contributed by atoms with van der Waals surface area (Å²) in [6.07, 6.45) is 16.9. The van der Waals surface area contributed by atoms with Crippen molar-refractivity contribution in [1.29, 1.82) is 0 Å². The third-order valence-electron chi connectivity index (χ3n) is 11.2. The number of pyridine rings is 2. The lowest BCUT2D eigenvalue weighted by Crippen LogP contribution is -2.30. The van der Waals surface area contributed by atoms with Gasteiger partial charge in [-0.3, -0.25) is 10.2 Å². The van der Waals surface area contributed by atoms with E-state index in [4.69, 9.17) is 30.4 Å². The van der Waals surface area contributed by atoms with Crippen LogP contribution in [0.15, 0.2) is 49.1 Å². The summed E-state index contributed by atoms with van der Waals surface area (Å²) in [7, 11) is 5.30. The molecule has 1 aliphatic heterocycles. The number of nitrogens with two attached hydrogens (primary N) is 1. The third-order valence-corrected chi connectivity index (χ3v) is 11.2. The molecule has 8 aromatic heterocycles. The van der Waals surface area contributed by atoms with Gasteiger partial charge in [-0.25, -0.2) is 29.0 Å². The minimum Gasteiger partial charge on any atom is -0.495 e. The van der Waals surface area contributed by atoms with Gasteiger partial charge in [0.2, 0.25) is 0 Å². The molecule has 60 heavy (non-hydrogen) atoms. The molecule has 0 bridgehead atoms. The molecule has 312 valence electrons. The maximum Gasteiger partial charge on any atom is 0.157 e. The van der Waals surface area contributed by atoms with Gasteiger partial charge in [-0.15, -0.1) is 0 Å². The minimum atomic E-state index is 0.260. The van der Waals surface area contributed by atoms with Gasteiger partial charge in [0.25, 0.3) is 0 Å². The summed E-state index contributed by atoms with van der Waals surface area (Å²) in [6.45, 7) is 5.50. The number of aromatic nitrogens is 12. The third kappa shape index (κ3) is 7.99. The lowest BCUT2D eigenvalue weighted by molar-refractivity contribution is 0.405. The lowest BCUT2D eigenvalue weighted by atomic mass is 10.2. The molecule has 1 atom stereocenters. The summed E-state index contributed by atoms with van der Waals surface area (Å²) >= 11 is 0. The Morgan fingerprint density at radius 1 is 0.750 bits per heavy atom. The fourth-order valence-electron chi connectivity index (χ4n) is 7.61. The fourth-order valence-corrected chi connectivity index (χ4v) is 7.61. The number of ether oxygens (including phenoxy) is 2. The maximum absolute atomic E-state index is 6.03. The Labute approximate surface area is 346 Å². The van der Waals surface area contributed by atoms with Gasteiger partial charge in [0.1, 0.15) is 51.1 Å². The number of piperidine rings is 1. The number of hydrogen-bond donors (Lipinski definition) is 6. The average molecular weight is 813 g/mol. The molecule has 0 aromatic carbocycles. The summed E-state index contributed by atoms with van der Waals surface area (Å²) < 4.78 is 14.7. The molecule has 3 aliphatic rings. The first-order valence-electron chi connectivity index (χ1n) is 20.9. The number of anilines is 2. The van der Waals surface area contributed by atoms with Crippen molar-refractivity contribution in [2.24, 2.45) is 0 Å². The maximum atomic E-state index is 6.03. The molecule has 2 aliphatic carbocycles. The van der Waals surface area contributed by atoms with Crippen molar-refractivity contribution in [2.75, 3.05) is 52.0 Å². The number of nitrogens with one attached hydrogen (secondary N) is 5. The zero-order valence-electron chi connectivity index (χ0n) is 34.5. The number of nitrogens with zero attached hydrogens (tertiary/aromatic N) is 10. The second-order valence-corrected chi connectivity index (χ2v) is 15.6. The van der Waals surface area contributed by atoms with Crippen molar-refractivity contribution in [2.45, 2.75) is 76.2 Å². The van der Waals surface area contributed by atoms with E-state index in [0.717, 1.165) is 118 Å². The molecule has 8 aromatic rings. The molecular weight excluding hydrogens is 761 g/mol. The Balaban J connectivity index is 0.000000138. The molecule has 18 nitrogen and oxygen atoms in total. The Morgan fingerprint density at radius 3 is 1.78 bits per heavy atom. The van der Waals surface area contributed by atoms with E-state index in [9.17, 15) is 0 Å². The molecule has 7 N–H and O–H groups in total. The topological polar surface area (TPSA) is 224 Å². The van der Waals surface area contributed by atoms with Crippen LogP contribution in [-0.4, -0.2) is 107 Å². The Morgan fingerprint density at radius 2 is 1.30 bits per heavy atom. The second kappa shape index (κ2) is 17.1. The van der Waals surface area contributed by atoms with Crippen LogP contribution in [0, 0.1) is 0 Å². The van der Waals surface area contributed by atoms with Crippen molar-refractivity contribution in [3.8, 4) is 34.3 Å². The Bertz CT molecular complexity index is 2730. The van der Waals surface area contributed by atoms with Crippen molar-refractivity contribution >= 4 is 44.7 Å². The first-order chi connectivity index (χ1) is 29.5. The second-order valence-electron chi connectivity index (χ2n) is 15.6. The Kier molecular flexibility index (Phi) is 11.1. The van der Waals surface area contributed by atoms with E-state index in [0.29, 0.717) is 23.3 Å². The van der Waals surface area contributed by atoms with Gasteiger partial charge in [0.15, 0.2) is 17.1 Å². The number of aromatic amines is 2. The van der Waals surface area contributed by atoms with E-state index < -0.39 is 0 Å². The fraction of sp³-hybridized carbons (Fsp3) is 0.429. The number of methoxy groups -OCH3 is 2. The van der Waals surface area contributed by atoms with Crippen LogP contribution in [0.1, 0.15) is 81.5 Å². The summed E-state index contributed by atoms with van der Waals surface area (Å²) in [4.78, 5) is 18.4. The van der Waals surface area contributed by atoms with Crippen LogP contribution in [0.25, 0.3) is 55.9 Å². The van der Waals surface area contributed by atoms with Gasteiger partial charge < -0.3 is 31.2 Å². The van der Waals surface area contributed by atoms with Crippen LogP contribution >= 0.6 is 0 Å². The van der Waals surface area contributed by atoms with Crippen LogP contribution in [0.4, 0.5) is 11.6 Å². The standard InChI is InChI=1S/C21H26N8O.C16H15N7O.C5H11N/c1-4-14(10-22-2)25-21-20-13(9-24-27-20)7-15(26-21)16-11-23-18-8-17(30-3)19(12-5-6-12)28-29(16)18;1-24-12-5-13-18-7-11(23(13)22-14(12)8-2-3-8)10-4-9-6-19-21-15(9)16(17)20-10;1-2-4-6-5-3-1/h7-9,11-12,14,22H,4-6,10H2,1-3H3,(H,24,27)(H,25,26);4-8H,2-3H2,1H3,(H2,17,20)(H,19,21);6H,1-5H2. The highest BCUT2D eigenvalue weighted by Crippen LogP contribution is 2.44. The number of imidazole rings is 2. The van der Waals surface area contributed by atoms with Gasteiger partial charge in [-0.1, -0.05) is 13.3 Å². The highest BCUT2D eigenvalue weighted by atomic mass is 16.5. The van der Waals surface area contributed by atoms with Gasteiger partial charge in [-0.05, 0) is 77.2 Å². The van der Waals surface area contributed by atoms with Crippen LogP contribution < -0.4 is 31.2 Å². The summed E-state index contributed by atoms with van der Waals surface area (Å²) in [6, 6.07) is 8.09. The van der Waals surface area contributed by atoms with E-state index in [1.807, 2.05) is 52.7 Å². The highest BCUT2D eigenvalue weighted by Gasteiger charge is 2.31. The zero-order valence-corrected chi connectivity index (χ0v) is 34.5. The molecule has 18 heteroatoms. The van der Waals surface area contributed by atoms with E-state index in [-0.39, 0.29) is 6.04 Å². The normalized spacial score (nSPS) is 15.7. The Hall–Kier alpha value is -6.40. The van der Waals surface area contributed by atoms with Crippen LogP contribution in [0.3, 0.4) is 0 Å². The molecule has 2 saturated carbocycles. The molecule has 0 amide bonds. The van der Waals surface area contributed by atoms with Crippen molar-refractivity contribution < 1.29 is 9.47 Å². The quantitative estimate of drug-likeness (QED) is 0.0901.